The lowest BCUT2D eigenvalue weighted by molar-refractivity contribution is -0.142. The number of nitrogens with one attached hydrogen (secondary N) is 1. The Bertz CT molecular complexity index is 233. The van der Waals surface area contributed by atoms with Gasteiger partial charge in [-0.25, -0.2) is 4.79 Å². The van der Waals surface area contributed by atoms with Crippen molar-refractivity contribution >= 4 is 23.6 Å². The van der Waals surface area contributed by atoms with E-state index in [1.165, 1.54) is 0 Å². The van der Waals surface area contributed by atoms with E-state index in [0.717, 1.165) is 0 Å². The molecule has 1 amide bonds. The predicted molar refractivity (Wildman–Crippen MR) is 63.7 cm³/mol. The second-order valence-electron chi connectivity index (χ2n) is 3.60. The van der Waals surface area contributed by atoms with Gasteiger partial charge in [-0.15, -0.1) is 0 Å². The molecule has 16 heavy (non-hydrogen) atoms. The highest BCUT2D eigenvalue weighted by atomic mass is 32.2. The summed E-state index contributed by atoms with van der Waals surface area (Å²) in [7, 11) is 0. The first-order valence-corrected chi connectivity index (χ1v) is 6.49. The predicted octanol–water partition coefficient (Wildman–Crippen LogP) is 0.734. The van der Waals surface area contributed by atoms with Gasteiger partial charge in [0.1, 0.15) is 12.6 Å². The van der Waals surface area contributed by atoms with E-state index >= 15 is 0 Å². The first-order chi connectivity index (χ1) is 7.47. The second kappa shape index (κ2) is 8.41. The molecule has 2 N–H and O–H groups in total. The van der Waals surface area contributed by atoms with Crippen LogP contribution in [0.1, 0.15) is 20.3 Å². The Morgan fingerprint density at radius 3 is 2.50 bits per heavy atom. The molecule has 0 fully saturated rings. The van der Waals surface area contributed by atoms with Crippen LogP contribution in [0.25, 0.3) is 0 Å². The number of rotatable bonds is 8. The highest BCUT2D eigenvalue weighted by Gasteiger charge is 2.19. The number of aliphatic carboxylic acids is 1. The van der Waals surface area contributed by atoms with E-state index < -0.39 is 12.0 Å². The Morgan fingerprint density at radius 1 is 1.44 bits per heavy atom. The largest absolute Gasteiger partial charge is 0.480 e. The number of hydrogen-bond donors (Lipinski definition) is 2. The highest BCUT2D eigenvalue weighted by molar-refractivity contribution is 7.98. The van der Waals surface area contributed by atoms with Gasteiger partial charge in [0.25, 0.3) is 0 Å². The van der Waals surface area contributed by atoms with E-state index in [4.69, 9.17) is 9.84 Å². The lowest BCUT2D eigenvalue weighted by Crippen LogP contribution is -2.43. The van der Waals surface area contributed by atoms with Crippen molar-refractivity contribution in [2.75, 3.05) is 18.6 Å². The standard InChI is InChI=1S/C10H19NO4S/c1-7(2)15-6-9(12)11-8(10(13)14)4-5-16-3/h7-8H,4-6H2,1-3H3,(H,11,12)(H,13,14)/t8-/m1/s1. The van der Waals surface area contributed by atoms with E-state index in [0.29, 0.717) is 12.2 Å². The molecule has 94 valence electrons. The van der Waals surface area contributed by atoms with Gasteiger partial charge in [0.15, 0.2) is 0 Å². The van der Waals surface area contributed by atoms with Crippen molar-refractivity contribution in [1.82, 2.24) is 5.32 Å². The fraction of sp³-hybridized carbons (Fsp3) is 0.800. The number of carbonyl (C=O) groups excluding carboxylic acids is 1. The maximum Gasteiger partial charge on any atom is 0.326 e. The third-order valence-corrected chi connectivity index (χ3v) is 2.44. The topological polar surface area (TPSA) is 75.6 Å². The van der Waals surface area contributed by atoms with Crippen LogP contribution in [0.2, 0.25) is 0 Å². The van der Waals surface area contributed by atoms with Crippen LogP contribution in [0.4, 0.5) is 0 Å². The summed E-state index contributed by atoms with van der Waals surface area (Å²) in [6.45, 7) is 3.53. The first kappa shape index (κ1) is 15.2. The van der Waals surface area contributed by atoms with Crippen molar-refractivity contribution in [3.63, 3.8) is 0 Å². The molecule has 0 aromatic carbocycles. The maximum absolute atomic E-state index is 11.3. The zero-order valence-electron chi connectivity index (χ0n) is 9.86. The number of amides is 1. The van der Waals surface area contributed by atoms with E-state index in [-0.39, 0.29) is 18.6 Å². The molecule has 0 aliphatic heterocycles. The zero-order chi connectivity index (χ0) is 12.6. The van der Waals surface area contributed by atoms with Crippen molar-refractivity contribution < 1.29 is 19.4 Å². The van der Waals surface area contributed by atoms with Gasteiger partial charge < -0.3 is 15.2 Å². The van der Waals surface area contributed by atoms with Crippen LogP contribution in [0.15, 0.2) is 0 Å². The van der Waals surface area contributed by atoms with Crippen LogP contribution in [0.5, 0.6) is 0 Å². The normalized spacial score (nSPS) is 12.5. The Kier molecular flexibility index (Phi) is 8.01. The number of hydrogen-bond acceptors (Lipinski definition) is 4. The zero-order valence-corrected chi connectivity index (χ0v) is 10.7. The van der Waals surface area contributed by atoms with Crippen molar-refractivity contribution in [2.45, 2.75) is 32.4 Å². The second-order valence-corrected chi connectivity index (χ2v) is 4.59. The number of ether oxygens (including phenoxy) is 1. The lowest BCUT2D eigenvalue weighted by Gasteiger charge is -2.14. The molecule has 0 unspecified atom stereocenters. The molecular formula is C10H19NO4S. The van der Waals surface area contributed by atoms with E-state index in [1.54, 1.807) is 11.8 Å². The van der Waals surface area contributed by atoms with Crippen LogP contribution >= 0.6 is 11.8 Å². The maximum atomic E-state index is 11.3. The molecule has 0 rings (SSSR count). The molecule has 1 atom stereocenters. The molecule has 0 aromatic heterocycles. The summed E-state index contributed by atoms with van der Waals surface area (Å²) < 4.78 is 5.08. The summed E-state index contributed by atoms with van der Waals surface area (Å²) in [6, 6.07) is -0.823. The van der Waals surface area contributed by atoms with Gasteiger partial charge >= 0.3 is 5.97 Å². The minimum absolute atomic E-state index is 0.0415. The third kappa shape index (κ3) is 7.53. The van der Waals surface area contributed by atoms with Crippen LogP contribution in [0, 0.1) is 0 Å². The fourth-order valence-electron chi connectivity index (χ4n) is 0.971. The highest BCUT2D eigenvalue weighted by Crippen LogP contribution is 2.01. The van der Waals surface area contributed by atoms with Crippen LogP contribution in [-0.4, -0.2) is 47.7 Å². The fourth-order valence-corrected chi connectivity index (χ4v) is 1.44. The molecule has 0 bridgehead atoms. The van der Waals surface area contributed by atoms with Crippen molar-refractivity contribution in [2.24, 2.45) is 0 Å². The van der Waals surface area contributed by atoms with E-state index in [2.05, 4.69) is 5.32 Å². The van der Waals surface area contributed by atoms with Gasteiger partial charge in [-0.2, -0.15) is 11.8 Å². The van der Waals surface area contributed by atoms with Gasteiger partial charge in [0.05, 0.1) is 6.10 Å². The summed E-state index contributed by atoms with van der Waals surface area (Å²) in [5.41, 5.74) is 0. The van der Waals surface area contributed by atoms with E-state index in [1.807, 2.05) is 20.1 Å². The molecule has 0 spiro atoms. The third-order valence-electron chi connectivity index (χ3n) is 1.79. The summed E-state index contributed by atoms with van der Waals surface area (Å²) in [5, 5.41) is 11.3. The van der Waals surface area contributed by atoms with Crippen LogP contribution in [0.3, 0.4) is 0 Å². The Labute approximate surface area is 99.9 Å². The lowest BCUT2D eigenvalue weighted by atomic mass is 10.2. The number of thioether (sulfide) groups is 1. The molecule has 0 radical (unpaired) electrons. The van der Waals surface area contributed by atoms with Gasteiger partial charge in [-0.1, -0.05) is 0 Å². The van der Waals surface area contributed by atoms with Crippen molar-refractivity contribution in [3.8, 4) is 0 Å². The molecule has 0 saturated heterocycles. The first-order valence-electron chi connectivity index (χ1n) is 5.10. The SMILES string of the molecule is CSCC[C@@H](NC(=O)COC(C)C)C(=O)O. The quantitative estimate of drug-likeness (QED) is 0.663. The van der Waals surface area contributed by atoms with Gasteiger partial charge in [0, 0.05) is 0 Å². The van der Waals surface area contributed by atoms with Crippen LogP contribution < -0.4 is 5.32 Å². The summed E-state index contributed by atoms with van der Waals surface area (Å²) in [5.74, 6) is -0.698. The summed E-state index contributed by atoms with van der Waals surface area (Å²) in [6.07, 6.45) is 2.27. The Balaban J connectivity index is 3.98. The molecule has 0 aromatic rings. The number of carboxylic acid groups (broad SMARTS) is 1. The minimum Gasteiger partial charge on any atom is -0.480 e. The number of carbonyl (C=O) groups is 2. The van der Waals surface area contributed by atoms with Crippen LogP contribution in [-0.2, 0) is 14.3 Å². The van der Waals surface area contributed by atoms with E-state index in [9.17, 15) is 9.59 Å². The average molecular weight is 249 g/mol. The molecule has 0 aliphatic carbocycles. The van der Waals surface area contributed by atoms with Gasteiger partial charge in [0.2, 0.25) is 5.91 Å². The summed E-state index contributed by atoms with van der Waals surface area (Å²) in [4.78, 5) is 22.1. The smallest absolute Gasteiger partial charge is 0.326 e. The molecule has 0 saturated carbocycles. The monoisotopic (exact) mass is 249 g/mol. The molecular weight excluding hydrogens is 230 g/mol. The Hall–Kier alpha value is -0.750. The molecule has 0 aliphatic rings. The minimum atomic E-state index is -1.01. The summed E-state index contributed by atoms with van der Waals surface area (Å²) >= 11 is 1.55. The van der Waals surface area contributed by atoms with Crippen molar-refractivity contribution in [1.29, 1.82) is 0 Å². The molecule has 6 heteroatoms. The molecule has 5 nitrogen and oxygen atoms in total. The van der Waals surface area contributed by atoms with Crippen molar-refractivity contribution in [3.05, 3.63) is 0 Å². The average Bonchev–Trinajstić information content (AvgIpc) is 2.20. The Morgan fingerprint density at radius 2 is 2.06 bits per heavy atom. The van der Waals surface area contributed by atoms with Gasteiger partial charge in [-0.3, -0.25) is 4.79 Å². The number of carboxylic acids is 1. The molecule has 0 heterocycles. The van der Waals surface area contributed by atoms with Gasteiger partial charge in [-0.05, 0) is 32.3 Å².